The van der Waals surface area contributed by atoms with Gasteiger partial charge in [0.15, 0.2) is 0 Å². The van der Waals surface area contributed by atoms with Crippen molar-refractivity contribution in [2.24, 2.45) is 0 Å². The number of aromatic nitrogens is 4. The molecular weight excluding hydrogens is 348 g/mol. The molecule has 0 radical (unpaired) electrons. The molecule has 0 atom stereocenters. The number of carbonyl (C=O) groups is 1. The Bertz CT molecular complexity index is 1010. The number of hydrogen-bond acceptors (Lipinski definition) is 7. The molecule has 3 rings (SSSR count). The van der Waals surface area contributed by atoms with Gasteiger partial charge in [-0.2, -0.15) is 4.98 Å². The van der Waals surface area contributed by atoms with Gasteiger partial charge in [-0.25, -0.2) is 9.78 Å². The summed E-state index contributed by atoms with van der Waals surface area (Å²) in [5, 5.41) is 3.96. The zero-order valence-electron chi connectivity index (χ0n) is 15.6. The van der Waals surface area contributed by atoms with E-state index in [0.717, 1.165) is 5.56 Å². The molecule has 0 saturated heterocycles. The highest BCUT2D eigenvalue weighted by Crippen LogP contribution is 2.25. The Morgan fingerprint density at radius 2 is 1.93 bits per heavy atom. The summed E-state index contributed by atoms with van der Waals surface area (Å²) in [4.78, 5) is 32.1. The van der Waals surface area contributed by atoms with Gasteiger partial charge in [0.1, 0.15) is 12.1 Å². The van der Waals surface area contributed by atoms with Crippen molar-refractivity contribution in [2.75, 3.05) is 7.11 Å². The molecule has 2 heterocycles. The number of hydrogen-bond donors (Lipinski definition) is 0. The van der Waals surface area contributed by atoms with Crippen LogP contribution in [0.2, 0.25) is 0 Å². The lowest BCUT2D eigenvalue weighted by Gasteiger charge is -2.18. The van der Waals surface area contributed by atoms with Gasteiger partial charge in [-0.05, 0) is 11.0 Å². The van der Waals surface area contributed by atoms with Crippen molar-refractivity contribution in [3.63, 3.8) is 0 Å². The van der Waals surface area contributed by atoms with E-state index >= 15 is 0 Å². The van der Waals surface area contributed by atoms with Crippen molar-refractivity contribution < 1.29 is 14.1 Å². The molecule has 0 unspecified atom stereocenters. The fourth-order valence-corrected chi connectivity index (χ4v) is 2.51. The fraction of sp³-hybridized carbons (Fsp3) is 0.316. The fourth-order valence-electron chi connectivity index (χ4n) is 2.51. The highest BCUT2D eigenvalue weighted by molar-refractivity contribution is 5.88. The van der Waals surface area contributed by atoms with Crippen LogP contribution in [0.1, 0.15) is 42.6 Å². The van der Waals surface area contributed by atoms with Crippen LogP contribution in [0.5, 0.6) is 0 Å². The van der Waals surface area contributed by atoms with Crippen LogP contribution >= 0.6 is 0 Å². The highest BCUT2D eigenvalue weighted by Gasteiger charge is 2.17. The maximum absolute atomic E-state index is 12.3. The molecule has 0 aliphatic heterocycles. The Labute approximate surface area is 155 Å². The molecule has 0 saturated carbocycles. The number of nitrogens with zero attached hydrogens (tertiary/aromatic N) is 4. The molecule has 0 amide bonds. The molecule has 3 aromatic rings. The van der Waals surface area contributed by atoms with Crippen LogP contribution in [0.4, 0.5) is 0 Å². The van der Waals surface area contributed by atoms with Gasteiger partial charge in [-0.3, -0.25) is 9.36 Å². The molecule has 1 aromatic carbocycles. The highest BCUT2D eigenvalue weighted by atomic mass is 16.5. The summed E-state index contributed by atoms with van der Waals surface area (Å²) in [5.41, 5.74) is 1.38. The van der Waals surface area contributed by atoms with E-state index in [-0.39, 0.29) is 23.4 Å². The summed E-state index contributed by atoms with van der Waals surface area (Å²) in [6.07, 6.45) is 2.47. The monoisotopic (exact) mass is 368 g/mol. The van der Waals surface area contributed by atoms with E-state index in [2.05, 4.69) is 40.6 Å². The van der Waals surface area contributed by atoms with Crippen molar-refractivity contribution in [1.29, 1.82) is 0 Å². The van der Waals surface area contributed by atoms with Crippen LogP contribution in [-0.2, 0) is 16.7 Å². The smallest absolute Gasteiger partial charge is 0.345 e. The normalized spacial score (nSPS) is 11.4. The molecule has 0 N–H and O–H groups in total. The van der Waals surface area contributed by atoms with Crippen molar-refractivity contribution in [3.8, 4) is 11.4 Å². The first kappa shape index (κ1) is 18.5. The average molecular weight is 368 g/mol. The number of methoxy groups -OCH3 is 1. The second-order valence-corrected chi connectivity index (χ2v) is 7.07. The lowest BCUT2D eigenvalue weighted by Crippen LogP contribution is -2.27. The van der Waals surface area contributed by atoms with Gasteiger partial charge >= 0.3 is 5.97 Å². The summed E-state index contributed by atoms with van der Waals surface area (Å²) in [7, 11) is 1.20. The summed E-state index contributed by atoms with van der Waals surface area (Å²) in [6, 6.07) is 7.92. The van der Waals surface area contributed by atoms with Crippen LogP contribution in [0.15, 0.2) is 46.1 Å². The van der Waals surface area contributed by atoms with Crippen molar-refractivity contribution >= 4 is 5.97 Å². The zero-order valence-corrected chi connectivity index (χ0v) is 15.6. The maximum Gasteiger partial charge on any atom is 0.345 e. The second-order valence-electron chi connectivity index (χ2n) is 7.07. The average Bonchev–Trinajstić information content (AvgIpc) is 3.11. The topological polar surface area (TPSA) is 100 Å². The molecule has 0 fully saturated rings. The largest absolute Gasteiger partial charge is 0.465 e. The van der Waals surface area contributed by atoms with E-state index in [0.29, 0.717) is 5.82 Å². The van der Waals surface area contributed by atoms with Gasteiger partial charge in [-0.1, -0.05) is 50.2 Å². The van der Waals surface area contributed by atoms with Crippen LogP contribution in [-0.4, -0.2) is 32.8 Å². The van der Waals surface area contributed by atoms with E-state index in [1.807, 2.05) is 24.3 Å². The summed E-state index contributed by atoms with van der Waals surface area (Å²) >= 11 is 0. The molecule has 8 nitrogen and oxygen atoms in total. The van der Waals surface area contributed by atoms with Gasteiger partial charge in [0.25, 0.3) is 5.56 Å². The Morgan fingerprint density at radius 3 is 2.56 bits per heavy atom. The van der Waals surface area contributed by atoms with Gasteiger partial charge in [0.05, 0.1) is 13.4 Å². The van der Waals surface area contributed by atoms with Crippen molar-refractivity contribution in [3.05, 3.63) is 64.2 Å². The van der Waals surface area contributed by atoms with E-state index in [9.17, 15) is 9.59 Å². The molecule has 8 heteroatoms. The van der Waals surface area contributed by atoms with Gasteiger partial charge < -0.3 is 9.26 Å². The summed E-state index contributed by atoms with van der Waals surface area (Å²) < 4.78 is 11.0. The van der Waals surface area contributed by atoms with E-state index in [1.54, 1.807) is 0 Å². The lowest BCUT2D eigenvalue weighted by molar-refractivity contribution is 0.0597. The third-order valence-corrected chi connectivity index (χ3v) is 4.09. The first-order valence-corrected chi connectivity index (χ1v) is 8.36. The Morgan fingerprint density at radius 1 is 1.22 bits per heavy atom. The van der Waals surface area contributed by atoms with Crippen molar-refractivity contribution in [1.82, 2.24) is 19.7 Å². The van der Waals surface area contributed by atoms with Gasteiger partial charge in [-0.15, -0.1) is 0 Å². The molecule has 140 valence electrons. The molecule has 0 aliphatic rings. The lowest BCUT2D eigenvalue weighted by atomic mass is 9.87. The Kier molecular flexibility index (Phi) is 4.89. The van der Waals surface area contributed by atoms with Gasteiger partial charge in [0.2, 0.25) is 11.7 Å². The summed E-state index contributed by atoms with van der Waals surface area (Å²) in [6.45, 7) is 6.43. The third-order valence-electron chi connectivity index (χ3n) is 4.09. The van der Waals surface area contributed by atoms with E-state index in [1.165, 1.54) is 29.8 Å². The second kappa shape index (κ2) is 7.14. The Balaban J connectivity index is 1.83. The van der Waals surface area contributed by atoms with Crippen LogP contribution in [0.3, 0.4) is 0 Å². The first-order chi connectivity index (χ1) is 12.8. The van der Waals surface area contributed by atoms with Crippen LogP contribution < -0.4 is 5.56 Å². The molecule has 0 spiro atoms. The first-order valence-electron chi connectivity index (χ1n) is 8.36. The van der Waals surface area contributed by atoms with Crippen LogP contribution in [0.25, 0.3) is 11.4 Å². The number of ether oxygens (including phenoxy) is 1. The number of carbonyl (C=O) groups excluding carboxylic acids is 1. The SMILES string of the molecule is COC(=O)c1cncn(Cc2nc(-c3ccc(C(C)(C)C)cc3)no2)c1=O. The van der Waals surface area contributed by atoms with Crippen molar-refractivity contribution in [2.45, 2.75) is 32.7 Å². The molecule has 2 aromatic heterocycles. The third kappa shape index (κ3) is 3.94. The molecular formula is C19H20N4O4. The van der Waals surface area contributed by atoms with E-state index in [4.69, 9.17) is 4.52 Å². The van der Waals surface area contributed by atoms with E-state index < -0.39 is 11.5 Å². The summed E-state index contributed by atoms with van der Waals surface area (Å²) in [5.74, 6) is -0.0848. The number of esters is 1. The predicted octanol–water partition coefficient (Wildman–Crippen LogP) is 2.43. The zero-order chi connectivity index (χ0) is 19.6. The van der Waals surface area contributed by atoms with Crippen LogP contribution in [0, 0.1) is 0 Å². The molecule has 27 heavy (non-hydrogen) atoms. The number of rotatable bonds is 4. The molecule has 0 bridgehead atoms. The minimum absolute atomic E-state index is 0.00371. The predicted molar refractivity (Wildman–Crippen MR) is 97.4 cm³/mol. The minimum atomic E-state index is -0.744. The minimum Gasteiger partial charge on any atom is -0.465 e. The van der Waals surface area contributed by atoms with Gasteiger partial charge in [0, 0.05) is 11.8 Å². The number of benzene rings is 1. The Hall–Kier alpha value is -3.29. The molecule has 0 aliphatic carbocycles. The quantitative estimate of drug-likeness (QED) is 0.652. The standard InChI is InChI=1S/C19H20N4O4/c1-19(2,3)13-7-5-12(6-8-13)16-21-15(27-22-16)10-23-11-20-9-14(17(23)24)18(25)26-4/h5-9,11H,10H2,1-4H3. The maximum atomic E-state index is 12.3.